The smallest absolute Gasteiger partial charge is 0.223 e. The average molecular weight is 459 g/mol. The summed E-state index contributed by atoms with van der Waals surface area (Å²) in [7, 11) is 1.67. The third-order valence-corrected chi connectivity index (χ3v) is 6.76. The Morgan fingerprint density at radius 2 is 1.91 bits per heavy atom. The number of H-pyrrole nitrogens is 1. The predicted molar refractivity (Wildman–Crippen MR) is 129 cm³/mol. The Kier molecular flexibility index (Phi) is 5.62. The van der Waals surface area contributed by atoms with Crippen molar-refractivity contribution >= 4 is 16.9 Å². The van der Waals surface area contributed by atoms with Crippen LogP contribution in [0.5, 0.6) is 5.75 Å². The minimum Gasteiger partial charge on any atom is -0.496 e. The van der Waals surface area contributed by atoms with Crippen molar-refractivity contribution < 1.29 is 19.5 Å². The summed E-state index contributed by atoms with van der Waals surface area (Å²) >= 11 is 0. The van der Waals surface area contributed by atoms with Crippen molar-refractivity contribution in [3.63, 3.8) is 0 Å². The van der Waals surface area contributed by atoms with E-state index in [0.717, 1.165) is 23.6 Å². The van der Waals surface area contributed by atoms with Crippen LogP contribution in [0.15, 0.2) is 67.0 Å². The Bertz CT molecular complexity index is 1290. The normalized spacial score (nSPS) is 23.8. The van der Waals surface area contributed by atoms with Crippen molar-refractivity contribution in [1.82, 2.24) is 15.0 Å². The van der Waals surface area contributed by atoms with Crippen LogP contribution in [0.4, 0.5) is 5.95 Å². The first-order chi connectivity index (χ1) is 16.8. The van der Waals surface area contributed by atoms with Crippen LogP contribution >= 0.6 is 0 Å². The van der Waals surface area contributed by atoms with Gasteiger partial charge in [-0.05, 0) is 24.3 Å². The van der Waals surface area contributed by atoms with E-state index in [4.69, 9.17) is 19.2 Å². The molecule has 4 N–H and O–H groups in total. The van der Waals surface area contributed by atoms with Gasteiger partial charge in [0.2, 0.25) is 5.95 Å². The number of anilines is 1. The summed E-state index contributed by atoms with van der Waals surface area (Å²) in [6.07, 6.45) is 3.88. The molecule has 0 saturated carbocycles. The minimum absolute atomic E-state index is 0.00408. The van der Waals surface area contributed by atoms with E-state index in [2.05, 4.69) is 51.1 Å². The van der Waals surface area contributed by atoms with E-state index in [9.17, 15) is 0 Å². The third kappa shape index (κ3) is 3.90. The molecule has 2 saturated heterocycles. The molecule has 4 heterocycles. The molecule has 34 heavy (non-hydrogen) atoms. The van der Waals surface area contributed by atoms with Gasteiger partial charge in [-0.1, -0.05) is 30.3 Å². The van der Waals surface area contributed by atoms with Gasteiger partial charge in [0.15, 0.2) is 0 Å². The molecule has 0 bridgehead atoms. The number of nitrogens with zero attached hydrogens (tertiary/aromatic N) is 2. The first-order valence-electron chi connectivity index (χ1n) is 11.6. The number of ether oxygens (including phenoxy) is 3. The third-order valence-electron chi connectivity index (χ3n) is 6.76. The van der Waals surface area contributed by atoms with Gasteiger partial charge in [-0.2, -0.15) is 0 Å². The fourth-order valence-electron chi connectivity index (χ4n) is 5.03. The Labute approximate surface area is 197 Å². The fourth-order valence-corrected chi connectivity index (χ4v) is 5.03. The van der Waals surface area contributed by atoms with E-state index in [1.165, 1.54) is 16.5 Å². The lowest BCUT2D eigenvalue weighted by molar-refractivity contribution is -0.707. The minimum atomic E-state index is -0.0252. The van der Waals surface area contributed by atoms with E-state index < -0.39 is 0 Å². The van der Waals surface area contributed by atoms with Crippen LogP contribution in [-0.2, 0) is 16.0 Å². The van der Waals surface area contributed by atoms with E-state index in [0.29, 0.717) is 19.2 Å². The molecular weight excluding hydrogens is 430 g/mol. The molecule has 0 spiro atoms. The van der Waals surface area contributed by atoms with Gasteiger partial charge in [0.25, 0.3) is 0 Å². The molecule has 8 heteroatoms. The average Bonchev–Trinajstić information content (AvgIpc) is 3.59. The van der Waals surface area contributed by atoms with E-state index >= 15 is 0 Å². The molecule has 0 unspecified atom stereocenters. The quantitative estimate of drug-likeness (QED) is 0.393. The van der Waals surface area contributed by atoms with Gasteiger partial charge in [0, 0.05) is 34.4 Å². The first kappa shape index (κ1) is 21.1. The molecular formula is C26H28N5O3+. The fraction of sp³-hybridized carbons (Fsp3) is 0.308. The monoisotopic (exact) mass is 458 g/mol. The predicted octanol–water partition coefficient (Wildman–Crippen LogP) is 2.34. The molecule has 2 aromatic heterocycles. The summed E-state index contributed by atoms with van der Waals surface area (Å²) in [5.74, 6) is 1.34. The highest BCUT2D eigenvalue weighted by atomic mass is 16.6. The van der Waals surface area contributed by atoms with Crippen LogP contribution in [0.3, 0.4) is 0 Å². The van der Waals surface area contributed by atoms with Gasteiger partial charge in [-0.3, -0.25) is 0 Å². The van der Waals surface area contributed by atoms with Crippen molar-refractivity contribution in [3.05, 3.63) is 72.6 Å². The summed E-state index contributed by atoms with van der Waals surface area (Å²) < 4.78 is 17.9. The number of para-hydroxylation sites is 2. The van der Waals surface area contributed by atoms with E-state index in [1.54, 1.807) is 13.3 Å². The van der Waals surface area contributed by atoms with Crippen molar-refractivity contribution in [2.45, 2.75) is 30.8 Å². The summed E-state index contributed by atoms with van der Waals surface area (Å²) in [5.41, 5.74) is 4.21. The van der Waals surface area contributed by atoms with E-state index in [-0.39, 0.29) is 24.3 Å². The van der Waals surface area contributed by atoms with Crippen LogP contribution in [0.25, 0.3) is 22.2 Å². The van der Waals surface area contributed by atoms with Gasteiger partial charge in [-0.25, -0.2) is 9.97 Å². The van der Waals surface area contributed by atoms with Gasteiger partial charge < -0.3 is 29.8 Å². The van der Waals surface area contributed by atoms with Gasteiger partial charge in [0.05, 0.1) is 25.5 Å². The second-order valence-electron chi connectivity index (χ2n) is 8.78. The number of nitrogens with two attached hydrogens (primary N) is 1. The van der Waals surface area contributed by atoms with Crippen molar-refractivity contribution in [2.75, 3.05) is 25.6 Å². The van der Waals surface area contributed by atoms with Crippen molar-refractivity contribution in [2.24, 2.45) is 0 Å². The number of aromatic amines is 1. The molecule has 0 aliphatic carbocycles. The molecule has 6 rings (SSSR count). The van der Waals surface area contributed by atoms with Crippen LogP contribution in [0.2, 0.25) is 0 Å². The summed E-state index contributed by atoms with van der Waals surface area (Å²) in [5, 5.41) is 7.05. The number of hydrogen-bond acceptors (Lipinski definition) is 6. The molecule has 4 aromatic rings. The van der Waals surface area contributed by atoms with E-state index in [1.807, 2.05) is 30.3 Å². The molecule has 2 aliphatic rings. The molecule has 2 fully saturated rings. The first-order valence-corrected chi connectivity index (χ1v) is 11.6. The topological polar surface area (TPSA) is 97.9 Å². The zero-order valence-corrected chi connectivity index (χ0v) is 19.0. The zero-order valence-electron chi connectivity index (χ0n) is 19.0. The van der Waals surface area contributed by atoms with Gasteiger partial charge in [0.1, 0.15) is 37.2 Å². The lowest BCUT2D eigenvalue weighted by Gasteiger charge is -2.17. The molecule has 4 atom stereocenters. The number of quaternary nitrogens is 1. The Morgan fingerprint density at radius 3 is 2.85 bits per heavy atom. The second kappa shape index (κ2) is 9.06. The van der Waals surface area contributed by atoms with Gasteiger partial charge in [-0.15, -0.1) is 0 Å². The molecule has 2 aromatic carbocycles. The van der Waals surface area contributed by atoms with Crippen LogP contribution < -0.4 is 15.4 Å². The molecule has 0 radical (unpaired) electrons. The molecule has 0 amide bonds. The van der Waals surface area contributed by atoms with Crippen molar-refractivity contribution in [1.29, 1.82) is 0 Å². The Balaban J connectivity index is 1.11. The van der Waals surface area contributed by atoms with Crippen LogP contribution in [0, 0.1) is 0 Å². The standard InChI is InChI=1S/C26H27N5O3/c1-32-23-9-5-3-7-18(23)20-10-11-27-26(30-20)31-22-15-34-24-21(14-33-25(22)24)29-13-16-12-28-19-8-4-2-6-17(16)19/h2-12,21-22,24-25,28-29H,13-15H2,1H3,(H,27,30,31)/p+1/t21-,22-,24+,25+/m0/s1. The maximum atomic E-state index is 6.18. The molecule has 8 nitrogen and oxygen atoms in total. The largest absolute Gasteiger partial charge is 0.496 e. The molecule has 2 aliphatic heterocycles. The number of aromatic nitrogens is 3. The highest BCUT2D eigenvalue weighted by molar-refractivity contribution is 5.82. The number of fused-ring (bicyclic) bond motifs is 2. The molecule has 174 valence electrons. The van der Waals surface area contributed by atoms with Crippen LogP contribution in [-0.4, -0.2) is 59.6 Å². The summed E-state index contributed by atoms with van der Waals surface area (Å²) in [6, 6.07) is 18.4. The Hall–Kier alpha value is -3.46. The number of hydrogen-bond donors (Lipinski definition) is 3. The number of methoxy groups -OCH3 is 1. The SMILES string of the molecule is COc1ccccc1-c1ccnc(N[C@H]2CO[C@H]3[C@@H]2OC[C@@H]3[NH2+]Cc2c[nH]c3ccccc23)n1. The maximum absolute atomic E-state index is 6.18. The lowest BCUT2D eigenvalue weighted by atomic mass is 10.1. The number of rotatable bonds is 7. The Morgan fingerprint density at radius 1 is 1.06 bits per heavy atom. The maximum Gasteiger partial charge on any atom is 0.223 e. The highest BCUT2D eigenvalue weighted by Gasteiger charge is 2.50. The number of nitrogens with one attached hydrogen (secondary N) is 2. The zero-order chi connectivity index (χ0) is 22.9. The summed E-state index contributed by atoms with van der Waals surface area (Å²) in [4.78, 5) is 12.5. The second-order valence-corrected chi connectivity index (χ2v) is 8.78. The van der Waals surface area contributed by atoms with Gasteiger partial charge >= 0.3 is 0 Å². The lowest BCUT2D eigenvalue weighted by Crippen LogP contribution is -2.91. The number of benzene rings is 2. The summed E-state index contributed by atoms with van der Waals surface area (Å²) in [6.45, 7) is 2.11. The van der Waals surface area contributed by atoms with Crippen molar-refractivity contribution in [3.8, 4) is 17.0 Å². The van der Waals surface area contributed by atoms with Crippen LogP contribution in [0.1, 0.15) is 5.56 Å². The highest BCUT2D eigenvalue weighted by Crippen LogP contribution is 2.30.